The predicted molar refractivity (Wildman–Crippen MR) is 64.1 cm³/mol. The minimum Gasteiger partial charge on any atom is -0.361 e. The second-order valence-electron chi connectivity index (χ2n) is 3.92. The molecule has 2 N–H and O–H groups in total. The van der Waals surface area contributed by atoms with Crippen LogP contribution in [0.25, 0.3) is 11.1 Å². The average Bonchev–Trinajstić information content (AvgIpc) is 2.75. The standard InChI is InChI=1S/C13H16N2O/c1-10-4-6-11(7-5-10)12-9-15-16-13(12)3-2-8-14/h4-7,9H,2-3,8,14H2,1H3. The molecule has 3 heteroatoms. The van der Waals surface area contributed by atoms with Crippen LogP contribution in [0.5, 0.6) is 0 Å². The summed E-state index contributed by atoms with van der Waals surface area (Å²) < 4.78 is 5.25. The summed E-state index contributed by atoms with van der Waals surface area (Å²) in [6.07, 6.45) is 3.55. The molecule has 16 heavy (non-hydrogen) atoms. The van der Waals surface area contributed by atoms with Gasteiger partial charge in [0.15, 0.2) is 0 Å². The van der Waals surface area contributed by atoms with Crippen molar-refractivity contribution in [2.75, 3.05) is 6.54 Å². The molecule has 0 atom stereocenters. The first kappa shape index (κ1) is 10.9. The van der Waals surface area contributed by atoms with Gasteiger partial charge in [0, 0.05) is 12.0 Å². The fourth-order valence-corrected chi connectivity index (χ4v) is 1.68. The Morgan fingerprint density at radius 3 is 2.69 bits per heavy atom. The third kappa shape index (κ3) is 2.31. The maximum absolute atomic E-state index is 5.49. The molecule has 1 aromatic carbocycles. The van der Waals surface area contributed by atoms with Gasteiger partial charge in [-0.3, -0.25) is 0 Å². The lowest BCUT2D eigenvalue weighted by molar-refractivity contribution is 0.382. The fraction of sp³-hybridized carbons (Fsp3) is 0.308. The molecular formula is C13H16N2O. The van der Waals surface area contributed by atoms with Crippen LogP contribution in [0.4, 0.5) is 0 Å². The maximum atomic E-state index is 5.49. The van der Waals surface area contributed by atoms with Gasteiger partial charge in [-0.25, -0.2) is 0 Å². The molecule has 2 aromatic rings. The van der Waals surface area contributed by atoms with Crippen molar-refractivity contribution < 1.29 is 4.52 Å². The summed E-state index contributed by atoms with van der Waals surface area (Å²) in [7, 11) is 0. The lowest BCUT2D eigenvalue weighted by atomic mass is 10.0. The normalized spacial score (nSPS) is 10.6. The molecule has 0 saturated carbocycles. The van der Waals surface area contributed by atoms with Gasteiger partial charge in [0.25, 0.3) is 0 Å². The Labute approximate surface area is 95.3 Å². The smallest absolute Gasteiger partial charge is 0.144 e. The fourth-order valence-electron chi connectivity index (χ4n) is 1.68. The van der Waals surface area contributed by atoms with E-state index in [-0.39, 0.29) is 0 Å². The summed E-state index contributed by atoms with van der Waals surface area (Å²) in [6, 6.07) is 8.37. The Morgan fingerprint density at radius 1 is 1.25 bits per heavy atom. The highest BCUT2D eigenvalue weighted by Gasteiger charge is 2.09. The van der Waals surface area contributed by atoms with Crippen LogP contribution in [0, 0.1) is 6.92 Å². The van der Waals surface area contributed by atoms with E-state index in [1.807, 2.05) is 0 Å². The number of rotatable bonds is 4. The van der Waals surface area contributed by atoms with Gasteiger partial charge < -0.3 is 10.3 Å². The van der Waals surface area contributed by atoms with E-state index in [0.717, 1.165) is 29.7 Å². The first-order valence-corrected chi connectivity index (χ1v) is 5.52. The van der Waals surface area contributed by atoms with Crippen molar-refractivity contribution in [3.63, 3.8) is 0 Å². The van der Waals surface area contributed by atoms with Crippen molar-refractivity contribution in [1.82, 2.24) is 5.16 Å². The van der Waals surface area contributed by atoms with E-state index in [1.165, 1.54) is 5.56 Å². The number of nitrogens with zero attached hydrogens (tertiary/aromatic N) is 1. The maximum Gasteiger partial charge on any atom is 0.144 e. The minimum atomic E-state index is 0.675. The van der Waals surface area contributed by atoms with Gasteiger partial charge in [-0.2, -0.15) is 0 Å². The van der Waals surface area contributed by atoms with Gasteiger partial charge in [0.1, 0.15) is 5.76 Å². The SMILES string of the molecule is Cc1ccc(-c2cnoc2CCCN)cc1. The molecule has 0 radical (unpaired) electrons. The molecule has 0 unspecified atom stereocenters. The van der Waals surface area contributed by atoms with Crippen molar-refractivity contribution in [3.05, 3.63) is 41.8 Å². The zero-order chi connectivity index (χ0) is 11.4. The number of hydrogen-bond donors (Lipinski definition) is 1. The monoisotopic (exact) mass is 216 g/mol. The molecule has 0 aliphatic rings. The van der Waals surface area contributed by atoms with Gasteiger partial charge in [-0.05, 0) is 25.5 Å². The molecule has 0 amide bonds. The van der Waals surface area contributed by atoms with Gasteiger partial charge in [0.2, 0.25) is 0 Å². The van der Waals surface area contributed by atoms with Crippen molar-refractivity contribution in [1.29, 1.82) is 0 Å². The predicted octanol–water partition coefficient (Wildman–Crippen LogP) is 2.54. The van der Waals surface area contributed by atoms with Gasteiger partial charge >= 0.3 is 0 Å². The lowest BCUT2D eigenvalue weighted by Crippen LogP contribution is -2.00. The quantitative estimate of drug-likeness (QED) is 0.854. The van der Waals surface area contributed by atoms with Crippen molar-refractivity contribution in [2.24, 2.45) is 5.73 Å². The largest absolute Gasteiger partial charge is 0.361 e. The number of benzene rings is 1. The summed E-state index contributed by atoms with van der Waals surface area (Å²) in [4.78, 5) is 0. The lowest BCUT2D eigenvalue weighted by Gasteiger charge is -2.01. The second-order valence-corrected chi connectivity index (χ2v) is 3.92. The third-order valence-corrected chi connectivity index (χ3v) is 2.62. The summed E-state index contributed by atoms with van der Waals surface area (Å²) in [5.41, 5.74) is 8.97. The van der Waals surface area contributed by atoms with Crippen molar-refractivity contribution >= 4 is 0 Å². The van der Waals surface area contributed by atoms with Crippen LogP contribution in [0.3, 0.4) is 0 Å². The molecule has 0 spiro atoms. The van der Waals surface area contributed by atoms with E-state index >= 15 is 0 Å². The zero-order valence-corrected chi connectivity index (χ0v) is 9.44. The summed E-state index contributed by atoms with van der Waals surface area (Å²) >= 11 is 0. The average molecular weight is 216 g/mol. The topological polar surface area (TPSA) is 52.0 Å². The Kier molecular flexibility index (Phi) is 3.37. The van der Waals surface area contributed by atoms with E-state index < -0.39 is 0 Å². The Balaban J connectivity index is 2.26. The Bertz CT molecular complexity index is 445. The molecule has 1 aromatic heterocycles. The van der Waals surface area contributed by atoms with Gasteiger partial charge in [0.05, 0.1) is 6.20 Å². The van der Waals surface area contributed by atoms with Gasteiger partial charge in [-0.15, -0.1) is 0 Å². The number of hydrogen-bond acceptors (Lipinski definition) is 3. The van der Waals surface area contributed by atoms with E-state index in [4.69, 9.17) is 10.3 Å². The van der Waals surface area contributed by atoms with Crippen molar-refractivity contribution in [2.45, 2.75) is 19.8 Å². The molecule has 0 saturated heterocycles. The van der Waals surface area contributed by atoms with Crippen LogP contribution in [-0.2, 0) is 6.42 Å². The Morgan fingerprint density at radius 2 is 2.00 bits per heavy atom. The molecule has 84 valence electrons. The van der Waals surface area contributed by atoms with Gasteiger partial charge in [-0.1, -0.05) is 35.0 Å². The first-order valence-electron chi connectivity index (χ1n) is 5.52. The molecule has 0 fully saturated rings. The van der Waals surface area contributed by atoms with E-state index in [0.29, 0.717) is 6.54 Å². The second kappa shape index (κ2) is 4.94. The number of nitrogens with two attached hydrogens (primary N) is 1. The summed E-state index contributed by atoms with van der Waals surface area (Å²) in [6.45, 7) is 2.75. The van der Waals surface area contributed by atoms with Crippen LogP contribution in [-0.4, -0.2) is 11.7 Å². The third-order valence-electron chi connectivity index (χ3n) is 2.62. The zero-order valence-electron chi connectivity index (χ0n) is 9.44. The van der Waals surface area contributed by atoms with E-state index in [2.05, 4.69) is 36.3 Å². The van der Waals surface area contributed by atoms with E-state index in [1.54, 1.807) is 6.20 Å². The van der Waals surface area contributed by atoms with Crippen LogP contribution < -0.4 is 5.73 Å². The van der Waals surface area contributed by atoms with E-state index in [9.17, 15) is 0 Å². The van der Waals surface area contributed by atoms with Crippen LogP contribution in [0.15, 0.2) is 35.0 Å². The van der Waals surface area contributed by atoms with Crippen LogP contribution in [0.2, 0.25) is 0 Å². The molecule has 0 bridgehead atoms. The highest BCUT2D eigenvalue weighted by molar-refractivity contribution is 5.64. The highest BCUT2D eigenvalue weighted by Crippen LogP contribution is 2.24. The summed E-state index contributed by atoms with van der Waals surface area (Å²) in [5, 5.41) is 3.86. The molecule has 1 heterocycles. The Hall–Kier alpha value is -1.61. The highest BCUT2D eigenvalue weighted by atomic mass is 16.5. The molecular weight excluding hydrogens is 200 g/mol. The summed E-state index contributed by atoms with van der Waals surface area (Å²) in [5.74, 6) is 0.925. The molecule has 0 aliphatic heterocycles. The number of aromatic nitrogens is 1. The van der Waals surface area contributed by atoms with Crippen LogP contribution in [0.1, 0.15) is 17.7 Å². The first-order chi connectivity index (χ1) is 7.81. The number of aryl methyl sites for hydroxylation is 2. The van der Waals surface area contributed by atoms with Crippen molar-refractivity contribution in [3.8, 4) is 11.1 Å². The molecule has 0 aliphatic carbocycles. The van der Waals surface area contributed by atoms with Crippen LogP contribution >= 0.6 is 0 Å². The minimum absolute atomic E-state index is 0.675. The molecule has 3 nitrogen and oxygen atoms in total. The molecule has 2 rings (SSSR count).